The molecule has 0 unspecified atom stereocenters. The van der Waals surface area contributed by atoms with Crippen LogP contribution in [-0.2, 0) is 10.0 Å². The zero-order valence-corrected chi connectivity index (χ0v) is 16.8. The van der Waals surface area contributed by atoms with Gasteiger partial charge in [0.05, 0.1) is 22.8 Å². The minimum absolute atomic E-state index is 0.110. The summed E-state index contributed by atoms with van der Waals surface area (Å²) in [5.74, 6) is 0.352. The second kappa shape index (κ2) is 9.10. The first-order valence-electron chi connectivity index (χ1n) is 9.65. The van der Waals surface area contributed by atoms with E-state index in [4.69, 9.17) is 4.74 Å². The van der Waals surface area contributed by atoms with Crippen LogP contribution in [0.25, 0.3) is 0 Å². The van der Waals surface area contributed by atoms with Crippen LogP contribution in [0.15, 0.2) is 53.4 Å². The highest BCUT2D eigenvalue weighted by molar-refractivity contribution is 7.92. The molecule has 2 N–H and O–H groups in total. The van der Waals surface area contributed by atoms with Crippen LogP contribution >= 0.6 is 0 Å². The van der Waals surface area contributed by atoms with E-state index in [1.54, 1.807) is 36.4 Å². The molecule has 0 saturated heterocycles. The van der Waals surface area contributed by atoms with Gasteiger partial charge in [0.25, 0.3) is 15.9 Å². The number of anilines is 1. The van der Waals surface area contributed by atoms with Crippen LogP contribution in [0.2, 0.25) is 0 Å². The lowest BCUT2D eigenvalue weighted by Crippen LogP contribution is -2.36. The normalized spacial score (nSPS) is 15.0. The van der Waals surface area contributed by atoms with Gasteiger partial charge in [-0.1, -0.05) is 31.4 Å². The highest BCUT2D eigenvalue weighted by atomic mass is 32.2. The van der Waals surface area contributed by atoms with Crippen molar-refractivity contribution < 1.29 is 17.9 Å². The Morgan fingerprint density at radius 3 is 2.39 bits per heavy atom. The average Bonchev–Trinajstić information content (AvgIpc) is 2.69. The standard InChI is InChI=1S/C21H26N2O4S/c1-2-27-17-12-14-18(15-13-17)28(25,26)23-20-11-7-6-10-19(20)21(24)22-16-8-4-3-5-9-16/h6-7,10-16,23H,2-5,8-9H2,1H3,(H,22,24). The van der Waals surface area contributed by atoms with Crippen LogP contribution in [0.5, 0.6) is 5.75 Å². The Hall–Kier alpha value is -2.54. The fraction of sp³-hybridized carbons (Fsp3) is 0.381. The summed E-state index contributed by atoms with van der Waals surface area (Å²) < 4.78 is 33.4. The van der Waals surface area contributed by atoms with Gasteiger partial charge in [-0.2, -0.15) is 0 Å². The van der Waals surface area contributed by atoms with Gasteiger partial charge < -0.3 is 10.1 Å². The van der Waals surface area contributed by atoms with E-state index < -0.39 is 10.0 Å². The van der Waals surface area contributed by atoms with Gasteiger partial charge >= 0.3 is 0 Å². The Morgan fingerprint density at radius 1 is 1.04 bits per heavy atom. The molecule has 150 valence electrons. The Balaban J connectivity index is 1.77. The van der Waals surface area contributed by atoms with Crippen molar-refractivity contribution >= 4 is 21.6 Å². The van der Waals surface area contributed by atoms with Crippen molar-refractivity contribution in [1.82, 2.24) is 5.32 Å². The maximum absolute atomic E-state index is 12.8. The van der Waals surface area contributed by atoms with E-state index in [-0.39, 0.29) is 22.5 Å². The molecule has 1 fully saturated rings. The quantitative estimate of drug-likeness (QED) is 0.734. The van der Waals surface area contributed by atoms with E-state index in [0.29, 0.717) is 17.9 Å². The molecule has 0 aromatic heterocycles. The van der Waals surface area contributed by atoms with Crippen molar-refractivity contribution in [3.8, 4) is 5.75 Å². The summed E-state index contributed by atoms with van der Waals surface area (Å²) in [6.07, 6.45) is 5.34. The summed E-state index contributed by atoms with van der Waals surface area (Å²) in [5, 5.41) is 3.03. The first-order valence-corrected chi connectivity index (χ1v) is 11.1. The Kier molecular flexibility index (Phi) is 6.57. The number of rotatable bonds is 7. The number of benzene rings is 2. The molecule has 0 bridgehead atoms. The molecule has 1 amide bonds. The van der Waals surface area contributed by atoms with Gasteiger partial charge in [-0.15, -0.1) is 0 Å². The fourth-order valence-corrected chi connectivity index (χ4v) is 4.45. The Labute approximate surface area is 166 Å². The largest absolute Gasteiger partial charge is 0.494 e. The molecule has 7 heteroatoms. The molecular weight excluding hydrogens is 376 g/mol. The molecule has 1 saturated carbocycles. The smallest absolute Gasteiger partial charge is 0.261 e. The first kappa shape index (κ1) is 20.2. The molecule has 0 atom stereocenters. The van der Waals surface area contributed by atoms with Crippen molar-refractivity contribution in [1.29, 1.82) is 0 Å². The third kappa shape index (κ3) is 5.04. The molecular formula is C21H26N2O4S. The summed E-state index contributed by atoms with van der Waals surface area (Å²) in [7, 11) is -3.82. The number of ether oxygens (including phenoxy) is 1. The van der Waals surface area contributed by atoms with Gasteiger partial charge in [-0.05, 0) is 56.2 Å². The van der Waals surface area contributed by atoms with E-state index in [2.05, 4.69) is 10.0 Å². The van der Waals surface area contributed by atoms with Gasteiger partial charge in [0.1, 0.15) is 5.75 Å². The van der Waals surface area contributed by atoms with Crippen molar-refractivity contribution in [2.75, 3.05) is 11.3 Å². The van der Waals surface area contributed by atoms with E-state index in [1.807, 2.05) is 6.92 Å². The van der Waals surface area contributed by atoms with Crippen molar-refractivity contribution in [2.45, 2.75) is 50.0 Å². The van der Waals surface area contributed by atoms with Crippen molar-refractivity contribution in [3.63, 3.8) is 0 Å². The molecule has 2 aromatic carbocycles. The second-order valence-electron chi connectivity index (χ2n) is 6.86. The number of hydrogen-bond acceptors (Lipinski definition) is 4. The minimum Gasteiger partial charge on any atom is -0.494 e. The third-order valence-electron chi connectivity index (χ3n) is 4.80. The molecule has 3 rings (SSSR count). The van der Waals surface area contributed by atoms with Gasteiger partial charge in [-0.25, -0.2) is 8.42 Å². The number of nitrogens with one attached hydrogen (secondary N) is 2. The molecule has 1 aliphatic carbocycles. The van der Waals surface area contributed by atoms with E-state index in [1.165, 1.54) is 18.6 Å². The van der Waals surface area contributed by atoms with Crippen LogP contribution < -0.4 is 14.8 Å². The van der Waals surface area contributed by atoms with Crippen LogP contribution in [-0.4, -0.2) is 27.0 Å². The Morgan fingerprint density at radius 2 is 1.71 bits per heavy atom. The van der Waals surface area contributed by atoms with Crippen molar-refractivity contribution in [3.05, 3.63) is 54.1 Å². The summed E-state index contributed by atoms with van der Waals surface area (Å²) in [5.41, 5.74) is 0.590. The van der Waals surface area contributed by atoms with Gasteiger partial charge in [-0.3, -0.25) is 9.52 Å². The number of sulfonamides is 1. The maximum atomic E-state index is 12.8. The molecule has 28 heavy (non-hydrogen) atoms. The number of carbonyl (C=O) groups is 1. The van der Waals surface area contributed by atoms with Gasteiger partial charge in [0.15, 0.2) is 0 Å². The Bertz CT molecular complexity index is 904. The zero-order valence-electron chi connectivity index (χ0n) is 16.0. The maximum Gasteiger partial charge on any atom is 0.261 e. The molecule has 0 aliphatic heterocycles. The highest BCUT2D eigenvalue weighted by Gasteiger charge is 2.21. The predicted molar refractivity (Wildman–Crippen MR) is 109 cm³/mol. The molecule has 1 aliphatic rings. The highest BCUT2D eigenvalue weighted by Crippen LogP contribution is 2.23. The lowest BCUT2D eigenvalue weighted by molar-refractivity contribution is 0.0928. The van der Waals surface area contributed by atoms with E-state index >= 15 is 0 Å². The SMILES string of the molecule is CCOc1ccc(S(=O)(=O)Nc2ccccc2C(=O)NC2CCCCC2)cc1. The van der Waals surface area contributed by atoms with Crippen molar-refractivity contribution in [2.24, 2.45) is 0 Å². The first-order chi connectivity index (χ1) is 13.5. The van der Waals surface area contributed by atoms with Crippen LogP contribution in [0.1, 0.15) is 49.4 Å². The molecule has 0 radical (unpaired) electrons. The van der Waals surface area contributed by atoms with Crippen LogP contribution in [0, 0.1) is 0 Å². The monoisotopic (exact) mass is 402 g/mol. The minimum atomic E-state index is -3.82. The fourth-order valence-electron chi connectivity index (χ4n) is 3.37. The number of hydrogen-bond donors (Lipinski definition) is 2. The topological polar surface area (TPSA) is 84.5 Å². The lowest BCUT2D eigenvalue weighted by Gasteiger charge is -2.23. The van der Waals surface area contributed by atoms with Crippen LogP contribution in [0.4, 0.5) is 5.69 Å². The average molecular weight is 403 g/mol. The molecule has 0 heterocycles. The third-order valence-corrected chi connectivity index (χ3v) is 6.18. The van der Waals surface area contributed by atoms with E-state index in [9.17, 15) is 13.2 Å². The summed E-state index contributed by atoms with van der Waals surface area (Å²) in [6.45, 7) is 2.37. The number of para-hydroxylation sites is 1. The summed E-state index contributed by atoms with van der Waals surface area (Å²) in [6, 6.07) is 13.0. The molecule has 6 nitrogen and oxygen atoms in total. The lowest BCUT2D eigenvalue weighted by atomic mass is 9.95. The zero-order chi connectivity index (χ0) is 20.0. The molecule has 2 aromatic rings. The van der Waals surface area contributed by atoms with Gasteiger partial charge in [0, 0.05) is 6.04 Å². The van der Waals surface area contributed by atoms with E-state index in [0.717, 1.165) is 25.7 Å². The van der Waals surface area contributed by atoms with Crippen LogP contribution in [0.3, 0.4) is 0 Å². The molecule has 0 spiro atoms. The summed E-state index contributed by atoms with van der Waals surface area (Å²) in [4.78, 5) is 12.8. The second-order valence-corrected chi connectivity index (χ2v) is 8.55. The number of amides is 1. The van der Waals surface area contributed by atoms with Gasteiger partial charge in [0.2, 0.25) is 0 Å². The predicted octanol–water partition coefficient (Wildman–Crippen LogP) is 3.95. The number of carbonyl (C=O) groups excluding carboxylic acids is 1. The summed E-state index contributed by atoms with van der Waals surface area (Å²) >= 11 is 0.